The molecule has 0 radical (unpaired) electrons. The van der Waals surface area contributed by atoms with Crippen LogP contribution in [0.15, 0.2) is 12.3 Å². The van der Waals surface area contributed by atoms with Crippen molar-refractivity contribution in [3.05, 3.63) is 17.8 Å². The van der Waals surface area contributed by atoms with Gasteiger partial charge >= 0.3 is 6.09 Å². The van der Waals surface area contributed by atoms with Crippen molar-refractivity contribution in [2.75, 3.05) is 6.61 Å². The van der Waals surface area contributed by atoms with Crippen LogP contribution in [0.2, 0.25) is 0 Å². The zero-order chi connectivity index (χ0) is 27.9. The molecule has 6 rings (SSSR count). The molecule has 1 aromatic heterocycles. The molecular formula is C29H43N5O5. The van der Waals surface area contributed by atoms with E-state index in [1.165, 1.54) is 6.20 Å². The molecule has 5 saturated carbocycles. The molecule has 39 heavy (non-hydrogen) atoms. The highest BCUT2D eigenvalue weighted by molar-refractivity contribution is 5.96. The Morgan fingerprint density at radius 3 is 2.67 bits per heavy atom. The quantitative estimate of drug-likeness (QED) is 0.411. The number of nitrogens with one attached hydrogen (secondary N) is 2. The molecule has 0 saturated heterocycles. The van der Waals surface area contributed by atoms with E-state index in [4.69, 9.17) is 15.2 Å². The normalized spacial score (nSPS) is 29.9. The first kappa shape index (κ1) is 27.5. The molecule has 3 unspecified atom stereocenters. The Hall–Kier alpha value is -3.04. The van der Waals surface area contributed by atoms with Crippen molar-refractivity contribution in [3.8, 4) is 5.88 Å². The van der Waals surface area contributed by atoms with Gasteiger partial charge in [0.1, 0.15) is 11.2 Å². The molecule has 4 N–H and O–H groups in total. The summed E-state index contributed by atoms with van der Waals surface area (Å²) in [5.74, 6) is 1.36. The second-order valence-corrected chi connectivity index (χ2v) is 13.1. The largest absolute Gasteiger partial charge is 0.477 e. The van der Waals surface area contributed by atoms with Gasteiger partial charge in [0.05, 0.1) is 18.3 Å². The fourth-order valence-electron chi connectivity index (χ4n) is 7.46. The number of hydrogen-bond acceptors (Lipinski definition) is 6. The summed E-state index contributed by atoms with van der Waals surface area (Å²) < 4.78 is 13.3. The molecule has 3 amide bonds. The molecule has 1 heterocycles. The van der Waals surface area contributed by atoms with Gasteiger partial charge in [0.2, 0.25) is 11.8 Å². The zero-order valence-electron chi connectivity index (χ0n) is 23.6. The van der Waals surface area contributed by atoms with Crippen LogP contribution >= 0.6 is 0 Å². The maximum Gasteiger partial charge on any atom is 0.405 e. The lowest BCUT2D eigenvalue weighted by Crippen LogP contribution is -2.46. The zero-order valence-corrected chi connectivity index (χ0v) is 23.6. The van der Waals surface area contributed by atoms with Crippen molar-refractivity contribution in [1.82, 2.24) is 20.4 Å². The Morgan fingerprint density at radius 2 is 1.97 bits per heavy atom. The van der Waals surface area contributed by atoms with E-state index < -0.39 is 17.2 Å². The van der Waals surface area contributed by atoms with Crippen LogP contribution in [-0.4, -0.2) is 51.5 Å². The molecule has 0 aromatic carbocycles. The Kier molecular flexibility index (Phi) is 7.41. The monoisotopic (exact) mass is 541 g/mol. The van der Waals surface area contributed by atoms with Crippen molar-refractivity contribution in [2.24, 2.45) is 35.3 Å². The molecular weight excluding hydrogens is 498 g/mol. The summed E-state index contributed by atoms with van der Waals surface area (Å²) >= 11 is 0. The third kappa shape index (κ3) is 5.65. The second-order valence-electron chi connectivity index (χ2n) is 13.1. The number of ether oxygens (including phenoxy) is 2. The summed E-state index contributed by atoms with van der Waals surface area (Å²) in [6.45, 7) is 8.39. The average molecular weight is 542 g/mol. The molecule has 0 aliphatic heterocycles. The van der Waals surface area contributed by atoms with Crippen LogP contribution in [0.1, 0.15) is 89.4 Å². The fraction of sp³-hybridized carbons (Fsp3) is 0.724. The highest BCUT2D eigenvalue weighted by Gasteiger charge is 2.65. The van der Waals surface area contributed by atoms with Gasteiger partial charge in [0.15, 0.2) is 0 Å². The summed E-state index contributed by atoms with van der Waals surface area (Å²) in [5.41, 5.74) is 4.61. The van der Waals surface area contributed by atoms with Crippen LogP contribution in [0, 0.1) is 29.6 Å². The molecule has 214 valence electrons. The van der Waals surface area contributed by atoms with Gasteiger partial charge in [-0.2, -0.15) is 5.10 Å². The molecule has 5 aliphatic carbocycles. The van der Waals surface area contributed by atoms with Crippen molar-refractivity contribution < 1.29 is 23.9 Å². The number of carbonyl (C=O) groups excluding carboxylic acids is 3. The minimum atomic E-state index is -0.743. The summed E-state index contributed by atoms with van der Waals surface area (Å²) in [6.07, 6.45) is 12.0. The first-order chi connectivity index (χ1) is 18.5. The minimum Gasteiger partial charge on any atom is -0.477 e. The van der Waals surface area contributed by atoms with E-state index in [1.54, 1.807) is 10.9 Å². The fourth-order valence-corrected chi connectivity index (χ4v) is 7.46. The van der Waals surface area contributed by atoms with Gasteiger partial charge in [-0.1, -0.05) is 26.7 Å². The highest BCUT2D eigenvalue weighted by Crippen LogP contribution is 2.62. The number of carbonyl (C=O) groups is 3. The number of primary amides is 1. The molecule has 5 fully saturated rings. The van der Waals surface area contributed by atoms with Crippen LogP contribution < -0.4 is 21.1 Å². The van der Waals surface area contributed by atoms with Gasteiger partial charge in [-0.15, -0.1) is 0 Å². The smallest absolute Gasteiger partial charge is 0.405 e. The molecule has 10 heteroatoms. The lowest BCUT2D eigenvalue weighted by molar-refractivity contribution is -0.125. The Labute approximate surface area is 230 Å². The third-order valence-corrected chi connectivity index (χ3v) is 9.04. The molecule has 1 aromatic rings. The summed E-state index contributed by atoms with van der Waals surface area (Å²) in [6, 6.07) is -0.0860. The number of nitrogens with two attached hydrogens (primary N) is 1. The van der Waals surface area contributed by atoms with Gasteiger partial charge in [-0.3, -0.25) is 9.59 Å². The van der Waals surface area contributed by atoms with Crippen LogP contribution in [0.25, 0.3) is 6.20 Å². The van der Waals surface area contributed by atoms with Gasteiger partial charge in [-0.05, 0) is 76.2 Å². The van der Waals surface area contributed by atoms with Gasteiger partial charge in [-0.25, -0.2) is 9.48 Å². The maximum atomic E-state index is 13.6. The van der Waals surface area contributed by atoms with E-state index in [0.717, 1.165) is 51.4 Å². The van der Waals surface area contributed by atoms with Crippen molar-refractivity contribution in [1.29, 1.82) is 0 Å². The van der Waals surface area contributed by atoms with Crippen LogP contribution in [0.5, 0.6) is 5.88 Å². The average Bonchev–Trinajstić information content (AvgIpc) is 3.60. The number of nitrogens with zero attached hydrogens (tertiary/aromatic N) is 2. The molecule has 5 aliphatic rings. The Balaban J connectivity index is 1.32. The van der Waals surface area contributed by atoms with Crippen molar-refractivity contribution >= 4 is 24.1 Å². The minimum absolute atomic E-state index is 0.0666. The van der Waals surface area contributed by atoms with E-state index in [1.807, 2.05) is 33.8 Å². The van der Waals surface area contributed by atoms with Crippen LogP contribution in [0.3, 0.4) is 0 Å². The van der Waals surface area contributed by atoms with Gasteiger partial charge in [0, 0.05) is 24.1 Å². The van der Waals surface area contributed by atoms with Crippen LogP contribution in [0.4, 0.5) is 4.79 Å². The van der Waals surface area contributed by atoms with E-state index in [0.29, 0.717) is 24.0 Å². The Bertz CT molecular complexity index is 1140. The topological polar surface area (TPSA) is 138 Å². The molecule has 4 bridgehead atoms. The van der Waals surface area contributed by atoms with E-state index in [9.17, 15) is 14.4 Å². The standard InChI is InChI=1S/C29H43N5O5/c1-17(2)16-38-26-21(15-31-34(26)10-9-28(3,4)33-24(35)19-7-5-6-8-19)25(36)32-23-20-11-18-12-22(23)29(13-18,14-20)39-27(30)37/h9-10,15,17-20,22-23H,5-8,11-14,16H2,1-4H3,(H2,30,37)(H,32,36)(H,33,35)/b10-9+/t18?,20?,22?,23-,29-/m0/s1. The van der Waals surface area contributed by atoms with Gasteiger partial charge in [0.25, 0.3) is 5.91 Å². The summed E-state index contributed by atoms with van der Waals surface area (Å²) in [4.78, 5) is 37.9. The van der Waals surface area contributed by atoms with E-state index >= 15 is 0 Å². The number of rotatable bonds is 10. The molecule has 0 spiro atoms. The lowest BCUT2D eigenvalue weighted by atomic mass is 9.79. The highest BCUT2D eigenvalue weighted by atomic mass is 16.6. The third-order valence-electron chi connectivity index (χ3n) is 9.04. The number of hydrogen-bond donors (Lipinski definition) is 3. The van der Waals surface area contributed by atoms with Gasteiger partial charge < -0.3 is 25.8 Å². The SMILES string of the molecule is CC(C)COc1c(C(=O)N[C@H]2C3CC4CC2[C@](OC(N)=O)(C4)C3)cnn1/C=C/C(C)(C)NC(=O)C1CCCC1. The van der Waals surface area contributed by atoms with Crippen molar-refractivity contribution in [3.63, 3.8) is 0 Å². The molecule has 10 nitrogen and oxygen atoms in total. The Morgan fingerprint density at radius 1 is 1.23 bits per heavy atom. The number of amides is 3. The van der Waals surface area contributed by atoms with Crippen molar-refractivity contribution in [2.45, 2.75) is 96.2 Å². The summed E-state index contributed by atoms with van der Waals surface area (Å²) in [7, 11) is 0. The lowest BCUT2D eigenvalue weighted by Gasteiger charge is -2.32. The van der Waals surface area contributed by atoms with Crippen LogP contribution in [-0.2, 0) is 9.53 Å². The summed E-state index contributed by atoms with van der Waals surface area (Å²) in [5, 5.41) is 10.8. The maximum absolute atomic E-state index is 13.6. The van der Waals surface area contributed by atoms with E-state index in [-0.39, 0.29) is 41.5 Å². The second kappa shape index (κ2) is 10.5. The predicted octanol–water partition coefficient (Wildman–Crippen LogP) is 3.86. The van der Waals surface area contributed by atoms with E-state index in [2.05, 4.69) is 15.7 Å². The number of aromatic nitrogens is 2. The first-order valence-electron chi connectivity index (χ1n) is 14.5. The predicted molar refractivity (Wildman–Crippen MR) is 146 cm³/mol. The molecule has 5 atom stereocenters. The first-order valence-corrected chi connectivity index (χ1v) is 14.5.